The number of hydrogen-bond donors (Lipinski definition) is 1. The second kappa shape index (κ2) is 4.59. The molecular formula is C12H20ClN3O. The van der Waals surface area contributed by atoms with Gasteiger partial charge in [-0.1, -0.05) is 11.6 Å². The summed E-state index contributed by atoms with van der Waals surface area (Å²) in [6, 6.07) is -0.0199. The summed E-state index contributed by atoms with van der Waals surface area (Å²) >= 11 is 6.23. The summed E-state index contributed by atoms with van der Waals surface area (Å²) in [5, 5.41) is 5.03. The van der Waals surface area contributed by atoms with Gasteiger partial charge in [0.15, 0.2) is 0 Å². The lowest BCUT2D eigenvalue weighted by molar-refractivity contribution is -0.0899. The average Bonchev–Trinajstić information content (AvgIpc) is 2.44. The van der Waals surface area contributed by atoms with E-state index in [0.717, 1.165) is 29.3 Å². The molecule has 0 aromatic carbocycles. The number of rotatable bonds is 4. The fraction of sp³-hybridized carbons (Fsp3) is 0.750. The average molecular weight is 258 g/mol. The van der Waals surface area contributed by atoms with Crippen LogP contribution in [0.25, 0.3) is 0 Å². The molecule has 1 aromatic heterocycles. The molecule has 5 heteroatoms. The first-order chi connectivity index (χ1) is 8.00. The molecule has 1 heterocycles. The Labute approximate surface area is 107 Å². The first-order valence-corrected chi connectivity index (χ1v) is 6.36. The Balaban J connectivity index is 2.15. The van der Waals surface area contributed by atoms with Gasteiger partial charge in [0.05, 0.1) is 22.0 Å². The number of ether oxygens (including phenoxy) is 1. The van der Waals surface area contributed by atoms with Crippen molar-refractivity contribution in [2.45, 2.75) is 44.2 Å². The zero-order chi connectivity index (χ0) is 12.6. The Bertz CT molecular complexity index is 407. The molecule has 96 valence electrons. The van der Waals surface area contributed by atoms with Crippen molar-refractivity contribution in [3.8, 4) is 0 Å². The van der Waals surface area contributed by atoms with Crippen LogP contribution in [0.5, 0.6) is 0 Å². The summed E-state index contributed by atoms with van der Waals surface area (Å²) in [5.41, 5.74) is 7.99. The monoisotopic (exact) mass is 257 g/mol. The smallest absolute Gasteiger partial charge is 0.0847 e. The second-order valence-electron chi connectivity index (χ2n) is 4.90. The molecule has 1 aliphatic carbocycles. The van der Waals surface area contributed by atoms with Gasteiger partial charge in [-0.15, -0.1) is 0 Å². The third-order valence-corrected chi connectivity index (χ3v) is 4.45. The molecule has 2 rings (SSSR count). The normalized spacial score (nSPS) is 20.1. The van der Waals surface area contributed by atoms with Crippen LogP contribution in [0, 0.1) is 6.92 Å². The van der Waals surface area contributed by atoms with Crippen LogP contribution in [-0.4, -0.2) is 28.5 Å². The molecule has 2 N–H and O–H groups in total. The molecule has 1 aromatic rings. The zero-order valence-electron chi connectivity index (χ0n) is 10.7. The number of aryl methyl sites for hydroxylation is 2. The van der Waals surface area contributed by atoms with E-state index in [-0.39, 0.29) is 11.6 Å². The van der Waals surface area contributed by atoms with Crippen molar-refractivity contribution < 1.29 is 4.74 Å². The van der Waals surface area contributed by atoms with Gasteiger partial charge < -0.3 is 10.5 Å². The molecule has 17 heavy (non-hydrogen) atoms. The second-order valence-corrected chi connectivity index (χ2v) is 5.28. The van der Waals surface area contributed by atoms with Crippen molar-refractivity contribution in [2.75, 3.05) is 7.11 Å². The zero-order valence-corrected chi connectivity index (χ0v) is 11.4. The molecule has 1 aliphatic rings. The standard InChI is InChI=1S/C12H20ClN3O/c1-8-11(13)9(16(2)15-8)7-10(14)12(17-3)5-4-6-12/h10H,4-7,14H2,1-3H3. The predicted octanol–water partition coefficient (Wildman–Crippen LogP) is 1.82. The first kappa shape index (κ1) is 12.9. The summed E-state index contributed by atoms with van der Waals surface area (Å²) in [4.78, 5) is 0. The van der Waals surface area contributed by atoms with Crippen molar-refractivity contribution >= 4 is 11.6 Å². The van der Waals surface area contributed by atoms with E-state index < -0.39 is 0 Å². The summed E-state index contributed by atoms with van der Waals surface area (Å²) in [5.74, 6) is 0. The highest BCUT2D eigenvalue weighted by Gasteiger charge is 2.43. The maximum Gasteiger partial charge on any atom is 0.0847 e. The lowest BCUT2D eigenvalue weighted by Gasteiger charge is -2.45. The van der Waals surface area contributed by atoms with E-state index in [1.165, 1.54) is 6.42 Å². The van der Waals surface area contributed by atoms with Crippen LogP contribution < -0.4 is 5.73 Å². The van der Waals surface area contributed by atoms with Crippen LogP contribution in [0.4, 0.5) is 0 Å². The van der Waals surface area contributed by atoms with E-state index in [1.54, 1.807) is 7.11 Å². The van der Waals surface area contributed by atoms with E-state index >= 15 is 0 Å². The van der Waals surface area contributed by atoms with Gasteiger partial charge in [0.2, 0.25) is 0 Å². The highest BCUT2D eigenvalue weighted by molar-refractivity contribution is 6.31. The largest absolute Gasteiger partial charge is 0.377 e. The number of halogens is 1. The van der Waals surface area contributed by atoms with Gasteiger partial charge in [-0.2, -0.15) is 5.10 Å². The number of methoxy groups -OCH3 is 1. The maximum atomic E-state index is 6.28. The molecule has 1 unspecified atom stereocenters. The van der Waals surface area contributed by atoms with Crippen LogP contribution in [0.3, 0.4) is 0 Å². The van der Waals surface area contributed by atoms with Crippen molar-refractivity contribution in [1.29, 1.82) is 0 Å². The van der Waals surface area contributed by atoms with E-state index in [4.69, 9.17) is 22.1 Å². The van der Waals surface area contributed by atoms with Gasteiger partial charge in [-0.3, -0.25) is 4.68 Å². The summed E-state index contributed by atoms with van der Waals surface area (Å²) in [6.45, 7) is 1.91. The number of nitrogens with two attached hydrogens (primary N) is 1. The molecule has 0 radical (unpaired) electrons. The van der Waals surface area contributed by atoms with E-state index in [2.05, 4.69) is 5.10 Å². The summed E-state index contributed by atoms with van der Waals surface area (Å²) in [6.07, 6.45) is 3.99. The number of hydrogen-bond acceptors (Lipinski definition) is 3. The van der Waals surface area contributed by atoms with Crippen LogP contribution in [0.1, 0.15) is 30.7 Å². The van der Waals surface area contributed by atoms with Crippen LogP contribution in [0.2, 0.25) is 5.02 Å². The van der Waals surface area contributed by atoms with Crippen molar-refractivity contribution in [2.24, 2.45) is 12.8 Å². The lowest BCUT2D eigenvalue weighted by Crippen LogP contribution is -2.55. The SMILES string of the molecule is COC1(C(N)Cc2c(Cl)c(C)nn2C)CCC1. The fourth-order valence-electron chi connectivity index (χ4n) is 2.55. The fourth-order valence-corrected chi connectivity index (χ4v) is 2.78. The minimum atomic E-state index is -0.151. The van der Waals surface area contributed by atoms with E-state index in [0.29, 0.717) is 6.42 Å². The predicted molar refractivity (Wildman–Crippen MR) is 68.2 cm³/mol. The number of aromatic nitrogens is 2. The molecule has 1 fully saturated rings. The first-order valence-electron chi connectivity index (χ1n) is 5.99. The molecule has 1 atom stereocenters. The highest BCUT2D eigenvalue weighted by atomic mass is 35.5. The van der Waals surface area contributed by atoms with Gasteiger partial charge >= 0.3 is 0 Å². The van der Waals surface area contributed by atoms with Gasteiger partial charge in [0.1, 0.15) is 0 Å². The molecule has 4 nitrogen and oxygen atoms in total. The van der Waals surface area contributed by atoms with Crippen molar-refractivity contribution in [1.82, 2.24) is 9.78 Å². The van der Waals surface area contributed by atoms with E-state index in [9.17, 15) is 0 Å². The third-order valence-electron chi connectivity index (χ3n) is 3.96. The van der Waals surface area contributed by atoms with E-state index in [1.807, 2.05) is 18.7 Å². The van der Waals surface area contributed by atoms with Gasteiger partial charge in [-0.25, -0.2) is 0 Å². The summed E-state index contributed by atoms with van der Waals surface area (Å²) < 4.78 is 7.42. The van der Waals surface area contributed by atoms with Gasteiger partial charge in [0.25, 0.3) is 0 Å². The molecule has 0 aliphatic heterocycles. The van der Waals surface area contributed by atoms with Crippen LogP contribution in [-0.2, 0) is 18.2 Å². The van der Waals surface area contributed by atoms with Crippen molar-refractivity contribution in [3.63, 3.8) is 0 Å². The Morgan fingerprint density at radius 1 is 1.59 bits per heavy atom. The Morgan fingerprint density at radius 2 is 2.24 bits per heavy atom. The molecule has 0 spiro atoms. The minimum absolute atomic E-state index is 0.0199. The van der Waals surface area contributed by atoms with Crippen molar-refractivity contribution in [3.05, 3.63) is 16.4 Å². The topological polar surface area (TPSA) is 53.1 Å². The van der Waals surface area contributed by atoms with Crippen LogP contribution in [0.15, 0.2) is 0 Å². The Kier molecular flexibility index (Phi) is 3.48. The Hall–Kier alpha value is -0.580. The summed E-state index contributed by atoms with van der Waals surface area (Å²) in [7, 11) is 3.65. The molecular weight excluding hydrogens is 238 g/mol. The quantitative estimate of drug-likeness (QED) is 0.895. The van der Waals surface area contributed by atoms with Crippen LogP contribution >= 0.6 is 11.6 Å². The molecule has 0 saturated heterocycles. The number of nitrogens with zero attached hydrogens (tertiary/aromatic N) is 2. The minimum Gasteiger partial charge on any atom is -0.377 e. The molecule has 1 saturated carbocycles. The van der Waals surface area contributed by atoms with Gasteiger partial charge in [-0.05, 0) is 26.2 Å². The highest BCUT2D eigenvalue weighted by Crippen LogP contribution is 2.38. The van der Waals surface area contributed by atoms with Gasteiger partial charge in [0, 0.05) is 26.6 Å². The third kappa shape index (κ3) is 2.09. The molecule has 0 amide bonds. The lowest BCUT2D eigenvalue weighted by atomic mass is 9.73. The maximum absolute atomic E-state index is 6.28. The molecule has 0 bridgehead atoms. The Morgan fingerprint density at radius 3 is 2.59 bits per heavy atom.